The van der Waals surface area contributed by atoms with Gasteiger partial charge in [0.1, 0.15) is 12.1 Å². The van der Waals surface area contributed by atoms with Crippen LogP contribution in [0.25, 0.3) is 0 Å². The number of benzene rings is 1. The number of amides is 3. The summed E-state index contributed by atoms with van der Waals surface area (Å²) in [5.41, 5.74) is 6.07. The van der Waals surface area contributed by atoms with Gasteiger partial charge in [0.05, 0.1) is 12.9 Å². The lowest BCUT2D eigenvalue weighted by atomic mass is 9.99. The highest BCUT2D eigenvalue weighted by atomic mass is 16.4. The van der Waals surface area contributed by atoms with Crippen LogP contribution in [0.5, 0.6) is 0 Å². The maximum atomic E-state index is 13.5. The van der Waals surface area contributed by atoms with Gasteiger partial charge >= 0.3 is 5.97 Å². The average Bonchev–Trinajstić information content (AvgIpc) is 3.25. The van der Waals surface area contributed by atoms with Crippen LogP contribution in [0.3, 0.4) is 0 Å². The van der Waals surface area contributed by atoms with Crippen molar-refractivity contribution in [3.63, 3.8) is 0 Å². The molecule has 31 heavy (non-hydrogen) atoms. The maximum absolute atomic E-state index is 13.5. The molecule has 0 spiro atoms. The highest BCUT2D eigenvalue weighted by Gasteiger charge is 2.39. The SMILES string of the molecule is CC(C)CC(C(=O)O)N(C(=O)c1ccccc1)C(=O)C(Cc1cnc[nH]1)NC(=O)CN. The molecule has 2 unspecified atom stereocenters. The fraction of sp³-hybridized carbons (Fsp3) is 0.381. The van der Waals surface area contributed by atoms with Crippen molar-refractivity contribution in [1.82, 2.24) is 20.2 Å². The van der Waals surface area contributed by atoms with Gasteiger partial charge in [-0.3, -0.25) is 19.3 Å². The topological polar surface area (TPSA) is 158 Å². The molecule has 166 valence electrons. The number of imidazole rings is 1. The molecular formula is C21H27N5O5. The minimum absolute atomic E-state index is 0.0167. The monoisotopic (exact) mass is 429 g/mol. The molecule has 0 aliphatic carbocycles. The number of carbonyl (C=O) groups excluding carboxylic acids is 3. The third-order valence-corrected chi connectivity index (χ3v) is 4.57. The summed E-state index contributed by atoms with van der Waals surface area (Å²) in [6.45, 7) is 3.22. The second-order valence-electron chi connectivity index (χ2n) is 7.47. The number of rotatable bonds is 10. The zero-order valence-electron chi connectivity index (χ0n) is 17.4. The van der Waals surface area contributed by atoms with Crippen molar-refractivity contribution >= 4 is 23.7 Å². The number of nitrogens with one attached hydrogen (secondary N) is 2. The Morgan fingerprint density at radius 3 is 2.39 bits per heavy atom. The number of nitrogens with two attached hydrogens (primary N) is 1. The van der Waals surface area contributed by atoms with Crippen LogP contribution >= 0.6 is 0 Å². The van der Waals surface area contributed by atoms with Crippen LogP contribution in [-0.4, -0.2) is 62.3 Å². The number of aliphatic carboxylic acids is 1. The highest BCUT2D eigenvalue weighted by molar-refractivity contribution is 6.09. The van der Waals surface area contributed by atoms with E-state index in [-0.39, 0.29) is 30.9 Å². The lowest BCUT2D eigenvalue weighted by Gasteiger charge is -2.31. The summed E-state index contributed by atoms with van der Waals surface area (Å²) in [4.78, 5) is 58.3. The molecule has 10 nitrogen and oxygen atoms in total. The van der Waals surface area contributed by atoms with Gasteiger partial charge in [0.2, 0.25) is 5.91 Å². The maximum Gasteiger partial charge on any atom is 0.326 e. The van der Waals surface area contributed by atoms with Crippen LogP contribution in [0.1, 0.15) is 36.3 Å². The van der Waals surface area contributed by atoms with E-state index in [2.05, 4.69) is 15.3 Å². The molecule has 0 bridgehead atoms. The van der Waals surface area contributed by atoms with E-state index in [4.69, 9.17) is 5.73 Å². The van der Waals surface area contributed by atoms with Gasteiger partial charge in [-0.15, -0.1) is 0 Å². The minimum Gasteiger partial charge on any atom is -0.480 e. The second kappa shape index (κ2) is 11.0. The van der Waals surface area contributed by atoms with Crippen LogP contribution in [0, 0.1) is 5.92 Å². The normalized spacial score (nSPS) is 12.8. The lowest BCUT2D eigenvalue weighted by Crippen LogP contribution is -2.57. The third-order valence-electron chi connectivity index (χ3n) is 4.57. The summed E-state index contributed by atoms with van der Waals surface area (Å²) in [7, 11) is 0. The Kier molecular flexibility index (Phi) is 8.44. The van der Waals surface area contributed by atoms with E-state index in [1.807, 2.05) is 0 Å². The molecule has 1 aromatic heterocycles. The van der Waals surface area contributed by atoms with E-state index in [9.17, 15) is 24.3 Å². The molecule has 2 atom stereocenters. The van der Waals surface area contributed by atoms with Crippen molar-refractivity contribution in [2.75, 3.05) is 6.54 Å². The van der Waals surface area contributed by atoms with E-state index in [0.29, 0.717) is 5.69 Å². The van der Waals surface area contributed by atoms with Crippen LogP contribution in [0.15, 0.2) is 42.9 Å². The van der Waals surface area contributed by atoms with Crippen molar-refractivity contribution in [2.45, 2.75) is 38.8 Å². The number of aromatic amines is 1. The quantitative estimate of drug-likeness (QED) is 0.429. The molecular weight excluding hydrogens is 402 g/mol. The second-order valence-corrected chi connectivity index (χ2v) is 7.47. The van der Waals surface area contributed by atoms with E-state index in [1.165, 1.54) is 24.7 Å². The molecule has 1 aromatic carbocycles. The third kappa shape index (κ3) is 6.48. The van der Waals surface area contributed by atoms with Gasteiger partial charge in [-0.25, -0.2) is 9.78 Å². The Labute approximate surface area is 179 Å². The van der Waals surface area contributed by atoms with Gasteiger partial charge in [0, 0.05) is 23.9 Å². The van der Waals surface area contributed by atoms with Crippen LogP contribution in [0.4, 0.5) is 0 Å². The van der Waals surface area contributed by atoms with Crippen LogP contribution in [0.2, 0.25) is 0 Å². The Bertz CT molecular complexity index is 898. The van der Waals surface area contributed by atoms with Crippen molar-refractivity contribution in [2.24, 2.45) is 11.7 Å². The number of carbonyl (C=O) groups is 4. The number of carboxylic acids is 1. The van der Waals surface area contributed by atoms with Crippen LogP contribution < -0.4 is 11.1 Å². The smallest absolute Gasteiger partial charge is 0.326 e. The Balaban J connectivity index is 2.48. The van der Waals surface area contributed by atoms with E-state index in [0.717, 1.165) is 4.90 Å². The first-order valence-electron chi connectivity index (χ1n) is 9.86. The summed E-state index contributed by atoms with van der Waals surface area (Å²) < 4.78 is 0. The number of aromatic nitrogens is 2. The van der Waals surface area contributed by atoms with Crippen molar-refractivity contribution in [3.8, 4) is 0 Å². The summed E-state index contributed by atoms with van der Waals surface area (Å²) in [5.74, 6) is -3.62. The first-order chi connectivity index (χ1) is 14.7. The Morgan fingerprint density at radius 2 is 1.87 bits per heavy atom. The molecule has 0 fully saturated rings. The molecule has 0 radical (unpaired) electrons. The summed E-state index contributed by atoms with van der Waals surface area (Å²) in [6, 6.07) is 5.32. The minimum atomic E-state index is -1.40. The largest absolute Gasteiger partial charge is 0.480 e. The Morgan fingerprint density at radius 1 is 1.19 bits per heavy atom. The Hall–Kier alpha value is -3.53. The average molecular weight is 429 g/mol. The van der Waals surface area contributed by atoms with Gasteiger partial charge in [-0.1, -0.05) is 32.0 Å². The number of hydrogen-bond acceptors (Lipinski definition) is 6. The molecule has 0 saturated heterocycles. The van der Waals surface area contributed by atoms with Crippen LogP contribution in [-0.2, 0) is 20.8 Å². The fourth-order valence-electron chi connectivity index (χ4n) is 3.12. The fourth-order valence-corrected chi connectivity index (χ4v) is 3.12. The zero-order valence-corrected chi connectivity index (χ0v) is 17.4. The van der Waals surface area contributed by atoms with Crippen molar-refractivity contribution < 1.29 is 24.3 Å². The van der Waals surface area contributed by atoms with E-state index >= 15 is 0 Å². The molecule has 3 amide bonds. The lowest BCUT2D eigenvalue weighted by molar-refractivity contribution is -0.149. The predicted molar refractivity (Wildman–Crippen MR) is 112 cm³/mol. The van der Waals surface area contributed by atoms with Gasteiger partial charge in [0.25, 0.3) is 11.8 Å². The molecule has 1 heterocycles. The molecule has 2 rings (SSSR count). The van der Waals surface area contributed by atoms with E-state index in [1.54, 1.807) is 32.0 Å². The molecule has 0 aliphatic rings. The number of imide groups is 1. The summed E-state index contributed by atoms with van der Waals surface area (Å²) >= 11 is 0. The predicted octanol–water partition coefficient (Wildman–Crippen LogP) is 0.564. The molecule has 10 heteroatoms. The molecule has 2 aromatic rings. The number of H-pyrrole nitrogens is 1. The molecule has 5 N–H and O–H groups in total. The van der Waals surface area contributed by atoms with Gasteiger partial charge in [0.15, 0.2) is 0 Å². The van der Waals surface area contributed by atoms with Crippen molar-refractivity contribution in [3.05, 3.63) is 54.1 Å². The zero-order chi connectivity index (χ0) is 23.0. The summed E-state index contributed by atoms with van der Waals surface area (Å²) in [5, 5.41) is 12.3. The van der Waals surface area contributed by atoms with E-state index < -0.39 is 35.8 Å². The van der Waals surface area contributed by atoms with Gasteiger partial charge in [-0.05, 0) is 24.5 Å². The summed E-state index contributed by atoms with van der Waals surface area (Å²) in [6.07, 6.45) is 2.92. The number of carboxylic acid groups (broad SMARTS) is 1. The number of nitrogens with zero attached hydrogens (tertiary/aromatic N) is 2. The van der Waals surface area contributed by atoms with Gasteiger partial charge in [-0.2, -0.15) is 0 Å². The van der Waals surface area contributed by atoms with Gasteiger partial charge < -0.3 is 21.1 Å². The number of hydrogen-bond donors (Lipinski definition) is 4. The molecule has 0 aliphatic heterocycles. The first-order valence-corrected chi connectivity index (χ1v) is 9.86. The highest BCUT2D eigenvalue weighted by Crippen LogP contribution is 2.18. The standard InChI is InChI=1S/C21H27N5O5/c1-13(2)8-17(21(30)31)26(19(28)14-6-4-3-5-7-14)20(29)16(25-18(27)10-22)9-15-11-23-12-24-15/h3-7,11-13,16-17H,8-10,22H2,1-2H3,(H,23,24)(H,25,27)(H,30,31). The van der Waals surface area contributed by atoms with Crippen molar-refractivity contribution in [1.29, 1.82) is 0 Å². The molecule has 0 saturated carbocycles. The first kappa shape index (κ1) is 23.7.